The van der Waals surface area contributed by atoms with Gasteiger partial charge in [0.1, 0.15) is 10.4 Å². The van der Waals surface area contributed by atoms with Gasteiger partial charge in [-0.3, -0.25) is 9.59 Å². The summed E-state index contributed by atoms with van der Waals surface area (Å²) in [7, 11) is 0. The third-order valence-electron chi connectivity index (χ3n) is 8.00. The number of rotatable bonds is 4. The molecule has 1 unspecified atom stereocenters. The first-order valence-corrected chi connectivity index (χ1v) is 11.0. The number of aromatic nitrogens is 1. The topological polar surface area (TPSA) is 111 Å². The minimum Gasteiger partial charge on any atom is -0.369 e. The molecule has 140 valence electrons. The van der Waals surface area contributed by atoms with Gasteiger partial charge in [0, 0.05) is 0 Å². The molecule has 1 aromatic heterocycles. The number of primary amides is 2. The Kier molecular flexibility index (Phi) is 3.49. The van der Waals surface area contributed by atoms with E-state index in [4.69, 9.17) is 11.5 Å². The van der Waals surface area contributed by atoms with Crippen molar-refractivity contribution in [3.05, 3.63) is 15.0 Å². The molecule has 6 nitrogen and oxygen atoms in total. The Bertz CT molecular complexity index is 803. The third-order valence-corrected chi connectivity index (χ3v) is 9.61. The van der Waals surface area contributed by atoms with Crippen LogP contribution in [-0.4, -0.2) is 29.9 Å². The Balaban J connectivity index is 1.85. The number of hydrogen-bond donors (Lipinski definition) is 3. The first-order valence-electron chi connectivity index (χ1n) is 9.34. The molecule has 1 aliphatic heterocycles. The quantitative estimate of drug-likeness (QED) is 0.661. The average Bonchev–Trinajstić information content (AvgIpc) is 2.97. The number of nitrogens with zero attached hydrogens (tertiary/aromatic N) is 1. The van der Waals surface area contributed by atoms with E-state index < -0.39 is 16.7 Å². The lowest BCUT2D eigenvalue weighted by atomic mass is 9.50. The predicted octanol–water partition coefficient (Wildman–Crippen LogP) is 1.53. The van der Waals surface area contributed by atoms with Crippen LogP contribution < -0.4 is 16.8 Å². The predicted molar refractivity (Wildman–Crippen MR) is 101 cm³/mol. The van der Waals surface area contributed by atoms with Gasteiger partial charge >= 0.3 is 0 Å². The van der Waals surface area contributed by atoms with Crippen LogP contribution >= 0.6 is 27.3 Å². The zero-order chi connectivity index (χ0) is 18.3. The highest BCUT2D eigenvalue weighted by atomic mass is 79.9. The summed E-state index contributed by atoms with van der Waals surface area (Å²) in [5.41, 5.74) is 10.4. The number of nitrogens with two attached hydrogens (primary N) is 2. The summed E-state index contributed by atoms with van der Waals surface area (Å²) in [4.78, 5) is 31.1. The summed E-state index contributed by atoms with van der Waals surface area (Å²) in [6, 6.07) is 0. The molecule has 3 aliphatic carbocycles. The van der Waals surface area contributed by atoms with Gasteiger partial charge in [-0.05, 0) is 84.3 Å². The molecule has 2 amide bonds. The van der Waals surface area contributed by atoms with Crippen molar-refractivity contribution in [3.63, 3.8) is 0 Å². The van der Waals surface area contributed by atoms with E-state index in [1.165, 1.54) is 11.3 Å². The van der Waals surface area contributed by atoms with Crippen molar-refractivity contribution >= 4 is 39.1 Å². The number of carbonyl (C=O) groups excluding carboxylic acids is 2. The van der Waals surface area contributed by atoms with Gasteiger partial charge < -0.3 is 16.8 Å². The molecular formula is C18H23BrN4O2S. The van der Waals surface area contributed by atoms with E-state index in [2.05, 4.69) is 26.2 Å². The molecule has 0 radical (unpaired) electrons. The fourth-order valence-electron chi connectivity index (χ4n) is 7.35. The number of thiazole rings is 1. The van der Waals surface area contributed by atoms with Crippen molar-refractivity contribution in [2.24, 2.45) is 40.1 Å². The van der Waals surface area contributed by atoms with Crippen LogP contribution in [0.4, 0.5) is 0 Å². The molecule has 5 N–H and O–H groups in total. The van der Waals surface area contributed by atoms with Crippen molar-refractivity contribution in [1.29, 1.82) is 0 Å². The highest BCUT2D eigenvalue weighted by Crippen LogP contribution is 2.83. The second kappa shape index (κ2) is 5.29. The smallest absolute Gasteiger partial charge is 0.231 e. The van der Waals surface area contributed by atoms with Crippen molar-refractivity contribution in [2.75, 3.05) is 13.1 Å². The van der Waals surface area contributed by atoms with Crippen LogP contribution in [-0.2, 0) is 15.0 Å². The number of amides is 2. The van der Waals surface area contributed by atoms with Crippen molar-refractivity contribution in [2.45, 2.75) is 37.5 Å². The molecule has 2 heterocycles. The molecule has 8 heteroatoms. The molecular weight excluding hydrogens is 416 g/mol. The summed E-state index contributed by atoms with van der Waals surface area (Å²) in [6.07, 6.45) is 6.60. The zero-order valence-corrected chi connectivity index (χ0v) is 16.9. The van der Waals surface area contributed by atoms with E-state index in [1.807, 2.05) is 0 Å². The van der Waals surface area contributed by atoms with Crippen LogP contribution in [0.3, 0.4) is 0 Å². The summed E-state index contributed by atoms with van der Waals surface area (Å²) in [5.74, 6) is -0.525. The number of hydrogen-bond acceptors (Lipinski definition) is 5. The molecule has 5 rings (SSSR count). The van der Waals surface area contributed by atoms with E-state index >= 15 is 0 Å². The first kappa shape index (κ1) is 17.1. The van der Waals surface area contributed by atoms with E-state index in [1.54, 1.807) is 6.20 Å². The van der Waals surface area contributed by atoms with E-state index in [0.717, 1.165) is 42.4 Å². The first-order chi connectivity index (χ1) is 12.4. The van der Waals surface area contributed by atoms with E-state index in [-0.39, 0.29) is 29.1 Å². The summed E-state index contributed by atoms with van der Waals surface area (Å²) < 4.78 is 0.851. The van der Waals surface area contributed by atoms with Gasteiger partial charge in [0.05, 0.1) is 15.4 Å². The normalized spacial score (nSPS) is 42.4. The zero-order valence-electron chi connectivity index (χ0n) is 14.5. The van der Waals surface area contributed by atoms with E-state index in [0.29, 0.717) is 11.6 Å². The van der Waals surface area contributed by atoms with Gasteiger partial charge in [-0.2, -0.15) is 0 Å². The Morgan fingerprint density at radius 1 is 1.19 bits per heavy atom. The Morgan fingerprint density at radius 3 is 2.42 bits per heavy atom. The second-order valence-electron chi connectivity index (χ2n) is 8.48. The minimum atomic E-state index is -1.08. The highest BCUT2D eigenvalue weighted by Gasteiger charge is 2.86. The van der Waals surface area contributed by atoms with Crippen LogP contribution in [0.2, 0.25) is 0 Å². The van der Waals surface area contributed by atoms with Crippen molar-refractivity contribution in [1.82, 2.24) is 10.3 Å². The molecule has 0 aromatic carbocycles. The van der Waals surface area contributed by atoms with Crippen molar-refractivity contribution in [3.8, 4) is 0 Å². The highest BCUT2D eigenvalue weighted by molar-refractivity contribution is 9.11. The summed E-state index contributed by atoms with van der Waals surface area (Å²) in [6.45, 7) is 1.56. The maximum Gasteiger partial charge on any atom is 0.231 e. The Morgan fingerprint density at radius 2 is 1.92 bits per heavy atom. The van der Waals surface area contributed by atoms with Crippen LogP contribution in [0, 0.1) is 28.6 Å². The maximum atomic E-state index is 13.3. The van der Waals surface area contributed by atoms with Crippen LogP contribution in [0.1, 0.15) is 37.1 Å². The molecule has 5 atom stereocenters. The van der Waals surface area contributed by atoms with Crippen LogP contribution in [0.25, 0.3) is 0 Å². The number of halogens is 1. The minimum absolute atomic E-state index is 0.0305. The molecule has 3 saturated carbocycles. The SMILES string of the molecule is NC(=O)[C@@]1(c2ncc(Br)s2)[C@H]2CC[C@H](C23CC3)[C@@]1(C(N)=O)C1CCNC1. The molecule has 26 heavy (non-hydrogen) atoms. The molecule has 1 saturated heterocycles. The van der Waals surface area contributed by atoms with Crippen LogP contribution in [0.5, 0.6) is 0 Å². The Hall–Kier alpha value is -0.990. The maximum absolute atomic E-state index is 13.3. The summed E-state index contributed by atoms with van der Waals surface area (Å²) in [5, 5.41) is 4.06. The van der Waals surface area contributed by atoms with Gasteiger partial charge in [0.15, 0.2) is 0 Å². The van der Waals surface area contributed by atoms with Gasteiger partial charge in [-0.25, -0.2) is 4.98 Å². The molecule has 2 bridgehead atoms. The van der Waals surface area contributed by atoms with E-state index in [9.17, 15) is 9.59 Å². The molecule has 4 aliphatic rings. The Labute approximate surface area is 164 Å². The number of nitrogens with one attached hydrogen (secondary N) is 1. The molecule has 1 aromatic rings. The lowest BCUT2D eigenvalue weighted by molar-refractivity contribution is -0.152. The fraction of sp³-hybridized carbons (Fsp3) is 0.722. The molecule has 4 fully saturated rings. The van der Waals surface area contributed by atoms with Gasteiger partial charge in [0.2, 0.25) is 11.8 Å². The fourth-order valence-corrected chi connectivity index (χ4v) is 8.88. The third kappa shape index (κ3) is 1.66. The standard InChI is InChI=1S/C18H23BrN4O2S/c19-12-8-23-15(26-12)18(14(21)25)11-2-1-10(16(11)4-5-16)17(18,13(20)24)9-3-6-22-7-9/h8-11,22H,1-7H2,(H2,20,24)(H2,21,25)/t9?,10-,11+,17-,18-/m1/s1. The lowest BCUT2D eigenvalue weighted by Gasteiger charge is -2.51. The van der Waals surface area contributed by atoms with Gasteiger partial charge in [0.25, 0.3) is 0 Å². The van der Waals surface area contributed by atoms with Gasteiger partial charge in [-0.1, -0.05) is 0 Å². The number of carbonyl (C=O) groups is 2. The van der Waals surface area contributed by atoms with Crippen LogP contribution in [0.15, 0.2) is 9.98 Å². The monoisotopic (exact) mass is 438 g/mol. The lowest BCUT2D eigenvalue weighted by Crippen LogP contribution is -2.66. The summed E-state index contributed by atoms with van der Waals surface area (Å²) >= 11 is 4.92. The molecule has 1 spiro atoms. The average molecular weight is 439 g/mol. The second-order valence-corrected chi connectivity index (χ2v) is 10.9. The van der Waals surface area contributed by atoms with Gasteiger partial charge in [-0.15, -0.1) is 11.3 Å². The van der Waals surface area contributed by atoms with Crippen molar-refractivity contribution < 1.29 is 9.59 Å². The largest absolute Gasteiger partial charge is 0.369 e.